The third kappa shape index (κ3) is 24.5. The van der Waals surface area contributed by atoms with E-state index in [2.05, 4.69) is 69.5 Å². The van der Waals surface area contributed by atoms with Crippen molar-refractivity contribution in [2.24, 2.45) is 58.2 Å². The van der Waals surface area contributed by atoms with Gasteiger partial charge in [-0.25, -0.2) is 4.39 Å². The second-order valence-corrected chi connectivity index (χ2v) is 30.8. The zero-order chi connectivity index (χ0) is 76.2. The van der Waals surface area contributed by atoms with Crippen LogP contribution in [0.15, 0.2) is 133 Å². The van der Waals surface area contributed by atoms with Gasteiger partial charge in [-0.15, -0.1) is 0 Å². The molecule has 3 aromatic carbocycles. The monoisotopic (exact) mass is 1430 g/mol. The maximum absolute atomic E-state index is 14.0. The van der Waals surface area contributed by atoms with Gasteiger partial charge in [0.2, 0.25) is 0 Å². The van der Waals surface area contributed by atoms with Crippen LogP contribution in [-0.2, 0) is 40.0 Å². The van der Waals surface area contributed by atoms with E-state index in [9.17, 15) is 63.8 Å². The number of hydrogen-bond acceptors (Lipinski definition) is 14. The second-order valence-electron chi connectivity index (χ2n) is 30.8. The van der Waals surface area contributed by atoms with Crippen molar-refractivity contribution < 1.29 is 88.6 Å². The van der Waals surface area contributed by atoms with Gasteiger partial charge >= 0.3 is 29.8 Å². The number of allylic oxidation sites excluding steroid dienone is 6. The number of halogens is 1. The van der Waals surface area contributed by atoms with E-state index in [1.54, 1.807) is 12.1 Å². The van der Waals surface area contributed by atoms with E-state index in [1.165, 1.54) is 23.3 Å². The molecule has 0 bridgehead atoms. The molecule has 20 heteroatoms. The van der Waals surface area contributed by atoms with Crippen LogP contribution >= 0.6 is 0 Å². The Kier molecular flexibility index (Phi) is 31.9. The quantitative estimate of drug-likeness (QED) is 0.0203. The summed E-state index contributed by atoms with van der Waals surface area (Å²) in [7, 11) is 0. The van der Waals surface area contributed by atoms with E-state index in [1.807, 2.05) is 121 Å². The van der Waals surface area contributed by atoms with E-state index in [4.69, 9.17) is 24.8 Å². The number of carbonyl (C=O) groups is 6. The van der Waals surface area contributed by atoms with Crippen molar-refractivity contribution >= 4 is 41.4 Å². The van der Waals surface area contributed by atoms with E-state index >= 15 is 0 Å². The van der Waals surface area contributed by atoms with Gasteiger partial charge in [-0.3, -0.25) is 28.8 Å². The molecule has 7 unspecified atom stereocenters. The first-order valence-electron chi connectivity index (χ1n) is 36.9. The highest BCUT2D eigenvalue weighted by Gasteiger charge is 2.45. The number of benzene rings is 3. The van der Waals surface area contributed by atoms with Gasteiger partial charge in [0, 0.05) is 35.3 Å². The van der Waals surface area contributed by atoms with Crippen LogP contribution in [0, 0.1) is 64.0 Å². The molecule has 0 fully saturated rings. The molecule has 10 N–H and O–H groups in total. The number of anilines is 1. The zero-order valence-corrected chi connectivity index (χ0v) is 62.3. The highest BCUT2D eigenvalue weighted by atomic mass is 19.1. The molecule has 19 nitrogen and oxygen atoms in total. The standard InChI is InChI=1S/C33H35FN2O5.2C25H40O6/c1-21(2)31-30(33(41)35-25-11-7-4-8-12-25)29(22-9-5-3-6-10-22)32(23-13-15-24(34)16-14-23)36(31)18-17-26(37)19-27(38)20-28(39)40;2*1-6-25(4,5)24(30)31-21-12-15(2)11-17-8-7-16(3)20(23(17)21)10-9-18(26)13-19(27)14-22(28)29/h3-16,21,26-27,37-38H,17-20H2,1-2H3,(H,35,41)(H,39,40);2*7-8,11,15-16,18-21,23,26-27H,6,9-10,12-14H2,1-5H3,(H,28,29)/t26-,27-;15-,16-,18+,19+,20-,21-,23-;/m10./s1. The van der Waals surface area contributed by atoms with E-state index in [-0.39, 0.29) is 122 Å². The Morgan fingerprint density at radius 2 is 0.951 bits per heavy atom. The van der Waals surface area contributed by atoms with E-state index in [0.29, 0.717) is 78.4 Å². The summed E-state index contributed by atoms with van der Waals surface area (Å²) in [6, 6.07) is 24.8. The lowest BCUT2D eigenvalue weighted by Crippen LogP contribution is -2.43. The SMILES string of the molecule is CC(C)c1c(C(=O)Nc2ccccc2)c(-c2ccccc2)c(-c2ccc(F)cc2)n1CC[C@@H](O)C[C@@H](O)CC(=O)O.CCC(C)(C)C(=O)OC1CC(C)C=C2C=CC(C)C(CCC(O)CC(O)CC(=O)O)C21.CCC(C)(C)C(=O)O[C@H]1C[C@@H](C)C=C2C=C[C@H](C)[C@H](CC[C@@H](O)C[C@@H](O)CC(=O)O)[C@H]21. The fourth-order valence-corrected chi connectivity index (χ4v) is 14.7. The lowest BCUT2D eigenvalue weighted by Gasteiger charge is -2.44. The van der Waals surface area contributed by atoms with Crippen LogP contribution in [0.25, 0.3) is 22.4 Å². The number of carbonyl (C=O) groups excluding carboxylic acids is 3. The lowest BCUT2D eigenvalue weighted by molar-refractivity contribution is -0.165. The van der Waals surface area contributed by atoms with Gasteiger partial charge in [-0.05, 0) is 205 Å². The number of aliphatic hydroxyl groups is 6. The summed E-state index contributed by atoms with van der Waals surface area (Å²) >= 11 is 0. The van der Waals surface area contributed by atoms with E-state index < -0.39 is 71.8 Å². The van der Waals surface area contributed by atoms with Crippen LogP contribution in [0.5, 0.6) is 0 Å². The number of nitrogens with one attached hydrogen (secondary N) is 1. The van der Waals surface area contributed by atoms with E-state index in [0.717, 1.165) is 24.1 Å². The molecular formula is C83H115FN2O17. The van der Waals surface area contributed by atoms with Crippen LogP contribution in [0.1, 0.15) is 201 Å². The number of ether oxygens (including phenoxy) is 2. The number of carboxylic acid groups (broad SMARTS) is 3. The van der Waals surface area contributed by atoms with Gasteiger partial charge in [0.05, 0.1) is 78.0 Å². The summed E-state index contributed by atoms with van der Waals surface area (Å²) < 4.78 is 28.2. The Morgan fingerprint density at radius 3 is 1.34 bits per heavy atom. The first-order chi connectivity index (χ1) is 48.5. The smallest absolute Gasteiger partial charge is 0.311 e. The largest absolute Gasteiger partial charge is 0.481 e. The van der Waals surface area contributed by atoms with Crippen molar-refractivity contribution in [2.45, 2.75) is 241 Å². The number of fused-ring (bicyclic) bond motifs is 2. The molecule has 8 rings (SSSR count). The second kappa shape index (κ2) is 39.0. The number of nitrogens with zero attached hydrogens (tertiary/aromatic N) is 1. The van der Waals surface area contributed by atoms with Gasteiger partial charge < -0.3 is 65.3 Å². The Morgan fingerprint density at radius 1 is 0.553 bits per heavy atom. The van der Waals surface area contributed by atoms with Crippen molar-refractivity contribution in [3.8, 4) is 22.4 Å². The molecule has 0 spiro atoms. The first kappa shape index (κ1) is 84.3. The Hall–Kier alpha value is -7.59. The highest BCUT2D eigenvalue weighted by Crippen LogP contribution is 2.48. The predicted molar refractivity (Wildman–Crippen MR) is 396 cm³/mol. The number of para-hydroxylation sites is 1. The Bertz CT molecular complexity index is 3440. The number of rotatable bonds is 32. The summed E-state index contributed by atoms with van der Waals surface area (Å²) in [4.78, 5) is 72.2. The van der Waals surface area contributed by atoms with Crippen LogP contribution in [-0.4, -0.2) is 135 Å². The summed E-state index contributed by atoms with van der Waals surface area (Å²) in [6.07, 6.45) is 11.5. The van der Waals surface area contributed by atoms with Crippen LogP contribution in [0.3, 0.4) is 0 Å². The molecule has 16 atom stereocenters. The molecule has 566 valence electrons. The predicted octanol–water partition coefficient (Wildman–Crippen LogP) is 14.5. The number of aromatic nitrogens is 1. The average molecular weight is 1430 g/mol. The summed E-state index contributed by atoms with van der Waals surface area (Å²) in [6.45, 7) is 24.5. The third-order valence-corrected chi connectivity index (χ3v) is 21.1. The minimum absolute atomic E-state index is 0.0523. The number of aliphatic hydroxyl groups excluding tert-OH is 6. The van der Waals surface area contributed by atoms with Gasteiger partial charge in [0.25, 0.3) is 5.91 Å². The maximum atomic E-state index is 14.0. The van der Waals surface area contributed by atoms with Gasteiger partial charge in [-0.1, -0.05) is 140 Å². The maximum Gasteiger partial charge on any atom is 0.311 e. The van der Waals surface area contributed by atoms with Gasteiger partial charge in [-0.2, -0.15) is 0 Å². The number of carboxylic acids is 3. The topological polar surface area (TPSA) is 320 Å². The fourth-order valence-electron chi connectivity index (χ4n) is 14.7. The lowest BCUT2D eigenvalue weighted by atomic mass is 9.65. The minimum Gasteiger partial charge on any atom is -0.481 e. The molecule has 4 aliphatic carbocycles. The summed E-state index contributed by atoms with van der Waals surface area (Å²) in [5, 5.41) is 90.7. The third-order valence-electron chi connectivity index (χ3n) is 21.1. The van der Waals surface area contributed by atoms with Crippen molar-refractivity contribution in [1.29, 1.82) is 0 Å². The number of hydrogen-bond donors (Lipinski definition) is 10. The number of aliphatic carboxylic acids is 3. The van der Waals surface area contributed by atoms with Crippen molar-refractivity contribution in [1.82, 2.24) is 4.57 Å². The average Bonchev–Trinajstić information content (AvgIpc) is 1.61. The number of esters is 2. The summed E-state index contributed by atoms with van der Waals surface area (Å²) in [5.74, 6) is -2.63. The minimum atomic E-state index is -1.18. The summed E-state index contributed by atoms with van der Waals surface area (Å²) in [5.41, 5.74) is 6.14. The highest BCUT2D eigenvalue weighted by molar-refractivity contribution is 6.12. The normalized spacial score (nSPS) is 23.2. The molecule has 1 heterocycles. The molecular weight excluding hydrogens is 1320 g/mol. The fraction of sp³-hybridized carbons (Fsp3) is 0.566. The van der Waals surface area contributed by atoms with Crippen molar-refractivity contribution in [3.63, 3.8) is 0 Å². The molecule has 4 aromatic rings. The van der Waals surface area contributed by atoms with Crippen LogP contribution < -0.4 is 5.32 Å². The molecule has 0 aliphatic heterocycles. The van der Waals surface area contributed by atoms with Crippen molar-refractivity contribution in [2.75, 3.05) is 5.32 Å². The molecule has 0 radical (unpaired) electrons. The molecule has 4 aliphatic rings. The molecule has 0 saturated heterocycles. The Labute approximate surface area is 608 Å². The number of amides is 1. The Balaban J connectivity index is 0.000000247. The van der Waals surface area contributed by atoms with Crippen LogP contribution in [0.2, 0.25) is 0 Å². The molecule has 103 heavy (non-hydrogen) atoms. The molecule has 0 saturated carbocycles. The molecule has 1 amide bonds. The van der Waals surface area contributed by atoms with Gasteiger partial charge in [0.15, 0.2) is 0 Å². The van der Waals surface area contributed by atoms with Crippen molar-refractivity contribution in [3.05, 3.63) is 150 Å². The zero-order valence-electron chi connectivity index (χ0n) is 62.3. The van der Waals surface area contributed by atoms with Gasteiger partial charge in [0.1, 0.15) is 18.0 Å². The molecule has 1 aromatic heterocycles. The van der Waals surface area contributed by atoms with Crippen LogP contribution in [0.4, 0.5) is 10.1 Å². The first-order valence-corrected chi connectivity index (χ1v) is 36.9.